The number of carbonyl (C=O) groups is 1. The zero-order valence-corrected chi connectivity index (χ0v) is 19.3. The van der Waals surface area contributed by atoms with Gasteiger partial charge < -0.3 is 10.6 Å². The number of nitrogens with one attached hydrogen (secondary N) is 3. The molecule has 1 fully saturated rings. The molecule has 0 spiro atoms. The fourth-order valence-electron chi connectivity index (χ4n) is 3.92. The van der Waals surface area contributed by atoms with E-state index in [-0.39, 0.29) is 41.1 Å². The standard InChI is InChI=1S/C19H17F4N7O3S2/c20-12-8-30(35(32,33)9-4-26-27-5-9)2-1-13(12)28-18-25-6-11(19(21,22)23)16(29-18)14-3-10-15(34-14)7-24-17(10)31/h3-6,12-13H,1-2,7-8H2,(H,24,31)(H,26,27)(H,25,28,29)/t12-,13+/m1/s1. The zero-order valence-electron chi connectivity index (χ0n) is 17.6. The number of rotatable bonds is 5. The fraction of sp³-hybridized carbons (Fsp3) is 0.368. The van der Waals surface area contributed by atoms with Crippen LogP contribution >= 0.6 is 11.3 Å². The maximum absolute atomic E-state index is 14.9. The van der Waals surface area contributed by atoms with Crippen LogP contribution in [0.25, 0.3) is 10.6 Å². The van der Waals surface area contributed by atoms with Gasteiger partial charge in [0.1, 0.15) is 16.6 Å². The Labute approximate surface area is 199 Å². The molecule has 1 saturated heterocycles. The molecule has 5 rings (SSSR count). The first kappa shape index (κ1) is 23.6. The minimum absolute atomic E-state index is 0.0220. The van der Waals surface area contributed by atoms with Gasteiger partial charge in [0.15, 0.2) is 0 Å². The second-order valence-corrected chi connectivity index (χ2v) is 11.0. The maximum Gasteiger partial charge on any atom is 0.420 e. The quantitative estimate of drug-likeness (QED) is 0.431. The number of nitrogens with zero attached hydrogens (tertiary/aromatic N) is 4. The van der Waals surface area contributed by atoms with Crippen LogP contribution in [0, 0.1) is 0 Å². The number of piperidine rings is 1. The Morgan fingerprint density at radius 1 is 1.26 bits per heavy atom. The van der Waals surface area contributed by atoms with E-state index in [1.807, 2.05) is 0 Å². The second-order valence-electron chi connectivity index (χ2n) is 7.94. The third-order valence-electron chi connectivity index (χ3n) is 5.72. The number of aromatic amines is 1. The Morgan fingerprint density at radius 3 is 2.71 bits per heavy atom. The number of halogens is 4. The number of sulfonamides is 1. The SMILES string of the molecule is O=C1NCc2sc(-c3nc(N[C@H]4CCN(S(=O)(=O)c5cn[nH]c5)C[C@H]4F)ncc3C(F)(F)F)cc21. The summed E-state index contributed by atoms with van der Waals surface area (Å²) in [5.74, 6) is -0.606. The predicted molar refractivity (Wildman–Crippen MR) is 116 cm³/mol. The van der Waals surface area contributed by atoms with Crippen molar-refractivity contribution in [2.75, 3.05) is 18.4 Å². The Balaban J connectivity index is 1.38. The highest BCUT2D eigenvalue weighted by molar-refractivity contribution is 7.89. The van der Waals surface area contributed by atoms with Gasteiger partial charge in [0.05, 0.1) is 34.9 Å². The van der Waals surface area contributed by atoms with Gasteiger partial charge in [0, 0.05) is 30.4 Å². The molecule has 3 N–H and O–H groups in total. The molecule has 0 aliphatic carbocycles. The smallest absolute Gasteiger partial charge is 0.348 e. The third kappa shape index (κ3) is 4.36. The van der Waals surface area contributed by atoms with E-state index in [2.05, 4.69) is 30.8 Å². The first-order valence-electron chi connectivity index (χ1n) is 10.3. The van der Waals surface area contributed by atoms with Crippen LogP contribution in [0.1, 0.15) is 27.2 Å². The summed E-state index contributed by atoms with van der Waals surface area (Å²) in [4.78, 5) is 20.2. The van der Waals surface area contributed by atoms with Crippen molar-refractivity contribution >= 4 is 33.2 Å². The van der Waals surface area contributed by atoms with Crippen molar-refractivity contribution in [2.45, 2.75) is 36.3 Å². The number of alkyl halides is 4. The lowest BCUT2D eigenvalue weighted by molar-refractivity contribution is -0.137. The first-order chi connectivity index (χ1) is 16.5. The molecule has 2 aliphatic heterocycles. The lowest BCUT2D eigenvalue weighted by Gasteiger charge is -2.34. The maximum atomic E-state index is 14.9. The number of aromatic nitrogens is 4. The average Bonchev–Trinajstić information content (AvgIpc) is 3.54. The second kappa shape index (κ2) is 8.53. The van der Waals surface area contributed by atoms with Crippen LogP contribution < -0.4 is 10.6 Å². The van der Waals surface area contributed by atoms with Gasteiger partial charge in [-0.1, -0.05) is 0 Å². The molecule has 0 bridgehead atoms. The Morgan fingerprint density at radius 2 is 2.06 bits per heavy atom. The van der Waals surface area contributed by atoms with E-state index in [4.69, 9.17) is 0 Å². The zero-order chi connectivity index (χ0) is 25.0. The topological polar surface area (TPSA) is 133 Å². The molecule has 2 aliphatic rings. The predicted octanol–water partition coefficient (Wildman–Crippen LogP) is 2.40. The van der Waals surface area contributed by atoms with E-state index in [0.717, 1.165) is 21.8 Å². The highest BCUT2D eigenvalue weighted by Crippen LogP contribution is 2.40. The Bertz CT molecular complexity index is 1380. The van der Waals surface area contributed by atoms with Crippen LogP contribution in [0.5, 0.6) is 0 Å². The van der Waals surface area contributed by atoms with E-state index >= 15 is 0 Å². The Kier molecular flexibility index (Phi) is 5.76. The minimum Gasteiger partial charge on any atom is -0.348 e. The Hall–Kier alpha value is -3.11. The van der Waals surface area contributed by atoms with Crippen LogP contribution in [0.3, 0.4) is 0 Å². The van der Waals surface area contributed by atoms with Crippen molar-refractivity contribution in [3.63, 3.8) is 0 Å². The molecule has 0 saturated carbocycles. The number of amides is 1. The molecule has 16 heteroatoms. The van der Waals surface area contributed by atoms with Crippen molar-refractivity contribution in [1.29, 1.82) is 0 Å². The van der Waals surface area contributed by atoms with Gasteiger partial charge >= 0.3 is 6.18 Å². The average molecular weight is 532 g/mol. The summed E-state index contributed by atoms with van der Waals surface area (Å²) in [6.45, 7) is -0.252. The molecule has 3 aromatic rings. The molecule has 5 heterocycles. The number of hydrogen-bond acceptors (Lipinski definition) is 8. The van der Waals surface area contributed by atoms with Crippen LogP contribution in [0.2, 0.25) is 0 Å². The molecule has 1 amide bonds. The molecule has 10 nitrogen and oxygen atoms in total. The normalized spacial score (nSPS) is 21.1. The number of anilines is 1. The van der Waals surface area contributed by atoms with Crippen molar-refractivity contribution in [2.24, 2.45) is 0 Å². The molecular formula is C19H17F4N7O3S2. The number of H-pyrrole nitrogens is 1. The number of hydrogen-bond donors (Lipinski definition) is 3. The van der Waals surface area contributed by atoms with Gasteiger partial charge in [-0.2, -0.15) is 22.6 Å². The number of fused-ring (bicyclic) bond motifs is 1. The summed E-state index contributed by atoms with van der Waals surface area (Å²) in [7, 11) is -3.93. The lowest BCUT2D eigenvalue weighted by atomic mass is 10.1. The molecular weight excluding hydrogens is 514 g/mol. The van der Waals surface area contributed by atoms with Gasteiger partial charge in [-0.3, -0.25) is 9.89 Å². The first-order valence-corrected chi connectivity index (χ1v) is 12.5. The van der Waals surface area contributed by atoms with E-state index in [0.29, 0.717) is 16.6 Å². The molecule has 35 heavy (non-hydrogen) atoms. The van der Waals surface area contributed by atoms with E-state index in [1.54, 1.807) is 0 Å². The van der Waals surface area contributed by atoms with Crippen molar-refractivity contribution < 1.29 is 30.8 Å². The van der Waals surface area contributed by atoms with Gasteiger partial charge in [-0.05, 0) is 12.5 Å². The summed E-state index contributed by atoms with van der Waals surface area (Å²) in [6, 6.07) is 0.426. The minimum atomic E-state index is -4.75. The molecule has 3 aromatic heterocycles. The summed E-state index contributed by atoms with van der Waals surface area (Å²) in [6.07, 6.45) is -3.47. The third-order valence-corrected chi connectivity index (χ3v) is 8.69. The van der Waals surface area contributed by atoms with Gasteiger partial charge in [0.2, 0.25) is 16.0 Å². The molecule has 0 aromatic carbocycles. The monoisotopic (exact) mass is 531 g/mol. The van der Waals surface area contributed by atoms with Crippen molar-refractivity contribution in [3.8, 4) is 10.6 Å². The summed E-state index contributed by atoms with van der Waals surface area (Å²) in [5, 5.41) is 11.3. The highest BCUT2D eigenvalue weighted by atomic mass is 32.2. The molecule has 2 atom stereocenters. The fourth-order valence-corrected chi connectivity index (χ4v) is 6.39. The van der Waals surface area contributed by atoms with E-state index in [9.17, 15) is 30.8 Å². The summed E-state index contributed by atoms with van der Waals surface area (Å²) in [5.41, 5.74) is -1.21. The molecule has 0 radical (unpaired) electrons. The van der Waals surface area contributed by atoms with Gasteiger partial charge in [0.25, 0.3) is 5.91 Å². The summed E-state index contributed by atoms with van der Waals surface area (Å²) >= 11 is 1.01. The van der Waals surface area contributed by atoms with Crippen LogP contribution in [-0.4, -0.2) is 64.1 Å². The van der Waals surface area contributed by atoms with Crippen LogP contribution in [0.15, 0.2) is 29.6 Å². The molecule has 0 unspecified atom stereocenters. The van der Waals surface area contributed by atoms with Gasteiger partial charge in [-0.15, -0.1) is 11.3 Å². The number of carbonyl (C=O) groups excluding carboxylic acids is 1. The number of thiophene rings is 1. The van der Waals surface area contributed by atoms with Crippen LogP contribution in [0.4, 0.5) is 23.5 Å². The molecule has 186 valence electrons. The summed E-state index contributed by atoms with van der Waals surface area (Å²) < 4.78 is 82.0. The van der Waals surface area contributed by atoms with Crippen LogP contribution in [-0.2, 0) is 22.7 Å². The van der Waals surface area contributed by atoms with E-state index < -0.39 is 46.2 Å². The lowest BCUT2D eigenvalue weighted by Crippen LogP contribution is -2.49. The van der Waals surface area contributed by atoms with Gasteiger partial charge in [-0.25, -0.2) is 22.8 Å². The largest absolute Gasteiger partial charge is 0.420 e. The highest BCUT2D eigenvalue weighted by Gasteiger charge is 2.39. The van der Waals surface area contributed by atoms with E-state index in [1.165, 1.54) is 12.3 Å². The van der Waals surface area contributed by atoms with Crippen molar-refractivity contribution in [1.82, 2.24) is 29.8 Å². The van der Waals surface area contributed by atoms with Crippen molar-refractivity contribution in [3.05, 3.63) is 40.7 Å².